The van der Waals surface area contributed by atoms with Gasteiger partial charge >= 0.3 is 0 Å². The number of halogens is 1. The van der Waals surface area contributed by atoms with Gasteiger partial charge < -0.3 is 5.32 Å². The van der Waals surface area contributed by atoms with Gasteiger partial charge in [-0.25, -0.2) is 12.8 Å². The van der Waals surface area contributed by atoms with E-state index in [9.17, 15) is 17.6 Å². The molecule has 1 amide bonds. The molecule has 2 aromatic rings. The van der Waals surface area contributed by atoms with E-state index in [1.807, 2.05) is 31.2 Å². The second-order valence-electron chi connectivity index (χ2n) is 5.90. The molecule has 2 rings (SSSR count). The molecule has 0 aliphatic carbocycles. The van der Waals surface area contributed by atoms with Crippen LogP contribution in [-0.4, -0.2) is 31.7 Å². The Morgan fingerprint density at radius 2 is 1.69 bits per heavy atom. The molecular formula is C19H23FN2O3S. The fraction of sp³-hybridized carbons (Fsp3) is 0.316. The van der Waals surface area contributed by atoms with E-state index in [4.69, 9.17) is 0 Å². The monoisotopic (exact) mass is 378 g/mol. The summed E-state index contributed by atoms with van der Waals surface area (Å²) in [4.78, 5) is 11.9. The predicted molar refractivity (Wildman–Crippen MR) is 98.9 cm³/mol. The molecule has 0 aromatic heterocycles. The summed E-state index contributed by atoms with van der Waals surface area (Å²) in [5.74, 6) is -1.33. The van der Waals surface area contributed by atoms with Gasteiger partial charge in [0, 0.05) is 25.2 Å². The summed E-state index contributed by atoms with van der Waals surface area (Å²) in [5, 5.41) is 2.72. The summed E-state index contributed by atoms with van der Waals surface area (Å²) in [6.45, 7) is 6.08. The predicted octanol–water partition coefficient (Wildman–Crippen LogP) is 3.09. The number of hydrogen-bond acceptors (Lipinski definition) is 3. The molecule has 0 fully saturated rings. The van der Waals surface area contributed by atoms with Crippen molar-refractivity contribution in [1.29, 1.82) is 0 Å². The number of sulfonamides is 1. The van der Waals surface area contributed by atoms with Gasteiger partial charge in [0.15, 0.2) is 0 Å². The van der Waals surface area contributed by atoms with Crippen LogP contribution in [0, 0.1) is 12.7 Å². The molecular weight excluding hydrogens is 355 g/mol. The zero-order valence-electron chi connectivity index (χ0n) is 15.1. The molecule has 0 unspecified atom stereocenters. The molecule has 0 aliphatic heterocycles. The largest absolute Gasteiger partial charge is 0.348 e. The van der Waals surface area contributed by atoms with Gasteiger partial charge in [-0.3, -0.25) is 4.79 Å². The number of rotatable bonds is 7. The van der Waals surface area contributed by atoms with E-state index < -0.39 is 26.6 Å². The van der Waals surface area contributed by atoms with Gasteiger partial charge in [0.1, 0.15) is 10.7 Å². The van der Waals surface area contributed by atoms with E-state index >= 15 is 0 Å². The minimum Gasteiger partial charge on any atom is -0.348 e. The Balaban J connectivity index is 2.22. The van der Waals surface area contributed by atoms with E-state index in [0.29, 0.717) is 6.54 Å². The molecule has 0 saturated heterocycles. The molecule has 26 heavy (non-hydrogen) atoms. The zero-order chi connectivity index (χ0) is 19.3. The molecule has 0 spiro atoms. The molecule has 0 radical (unpaired) electrons. The van der Waals surface area contributed by atoms with Crippen molar-refractivity contribution in [2.75, 3.05) is 13.1 Å². The standard InChI is InChI=1S/C19H23FN2O3S/c1-4-22(5-2)26(24,25)18-12-16(10-11-17(18)20)19(23)21-13-15-8-6-14(3)7-9-15/h6-12H,4-5,13H2,1-3H3,(H,21,23). The highest BCUT2D eigenvalue weighted by Gasteiger charge is 2.26. The Hall–Kier alpha value is -2.25. The maximum atomic E-state index is 14.1. The zero-order valence-corrected chi connectivity index (χ0v) is 15.9. The lowest BCUT2D eigenvalue weighted by molar-refractivity contribution is 0.0950. The van der Waals surface area contributed by atoms with Crippen molar-refractivity contribution in [3.05, 3.63) is 65.0 Å². The maximum Gasteiger partial charge on any atom is 0.251 e. The number of carbonyl (C=O) groups is 1. The van der Waals surface area contributed by atoms with Gasteiger partial charge in [-0.1, -0.05) is 43.7 Å². The highest BCUT2D eigenvalue weighted by molar-refractivity contribution is 7.89. The van der Waals surface area contributed by atoms with Crippen molar-refractivity contribution in [2.24, 2.45) is 0 Å². The SMILES string of the molecule is CCN(CC)S(=O)(=O)c1cc(C(=O)NCc2ccc(C)cc2)ccc1F. The van der Waals surface area contributed by atoms with Gasteiger partial charge in [0.25, 0.3) is 5.91 Å². The third kappa shape index (κ3) is 4.47. The normalized spacial score (nSPS) is 11.6. The molecule has 5 nitrogen and oxygen atoms in total. The number of nitrogens with zero attached hydrogens (tertiary/aromatic N) is 1. The molecule has 0 atom stereocenters. The first-order chi connectivity index (χ1) is 12.3. The second kappa shape index (κ2) is 8.42. The van der Waals surface area contributed by atoms with Gasteiger partial charge in [0.2, 0.25) is 10.0 Å². The third-order valence-corrected chi connectivity index (χ3v) is 6.16. The number of nitrogens with one attached hydrogen (secondary N) is 1. The van der Waals surface area contributed by atoms with Crippen LogP contribution >= 0.6 is 0 Å². The Kier molecular flexibility index (Phi) is 6.50. The first-order valence-corrected chi connectivity index (χ1v) is 9.87. The summed E-state index contributed by atoms with van der Waals surface area (Å²) in [6, 6.07) is 11.1. The highest BCUT2D eigenvalue weighted by atomic mass is 32.2. The van der Waals surface area contributed by atoms with Crippen LogP contribution in [0.3, 0.4) is 0 Å². The van der Waals surface area contributed by atoms with Crippen LogP contribution in [0.4, 0.5) is 4.39 Å². The lowest BCUT2D eigenvalue weighted by Gasteiger charge is -2.19. The Morgan fingerprint density at radius 3 is 2.27 bits per heavy atom. The second-order valence-corrected chi connectivity index (χ2v) is 7.81. The van der Waals surface area contributed by atoms with Crippen molar-refractivity contribution < 1.29 is 17.6 Å². The van der Waals surface area contributed by atoms with Crippen molar-refractivity contribution in [3.8, 4) is 0 Å². The van der Waals surface area contributed by atoms with Crippen molar-refractivity contribution >= 4 is 15.9 Å². The number of amides is 1. The van der Waals surface area contributed by atoms with Crippen LogP contribution in [0.2, 0.25) is 0 Å². The van der Waals surface area contributed by atoms with Crippen LogP contribution in [0.1, 0.15) is 35.3 Å². The topological polar surface area (TPSA) is 66.5 Å². The lowest BCUT2D eigenvalue weighted by Crippen LogP contribution is -2.31. The van der Waals surface area contributed by atoms with E-state index in [1.54, 1.807) is 13.8 Å². The number of carbonyl (C=O) groups excluding carboxylic acids is 1. The smallest absolute Gasteiger partial charge is 0.251 e. The summed E-state index contributed by atoms with van der Waals surface area (Å²) in [6.07, 6.45) is 0. The van der Waals surface area contributed by atoms with Crippen LogP contribution in [0.5, 0.6) is 0 Å². The molecule has 140 valence electrons. The van der Waals surface area contributed by atoms with Gasteiger partial charge in [-0.2, -0.15) is 4.31 Å². The van der Waals surface area contributed by atoms with Gasteiger partial charge in [0.05, 0.1) is 0 Å². The molecule has 0 saturated carbocycles. The fourth-order valence-electron chi connectivity index (χ4n) is 2.54. The quantitative estimate of drug-likeness (QED) is 0.805. The summed E-state index contributed by atoms with van der Waals surface area (Å²) in [5.41, 5.74) is 2.14. The number of aryl methyl sites for hydroxylation is 1. The lowest BCUT2D eigenvalue weighted by atomic mass is 10.1. The van der Waals surface area contributed by atoms with E-state index in [2.05, 4.69) is 5.32 Å². The van der Waals surface area contributed by atoms with Gasteiger partial charge in [-0.05, 0) is 30.7 Å². The Bertz CT molecular complexity index is 876. The van der Waals surface area contributed by atoms with Crippen molar-refractivity contribution in [3.63, 3.8) is 0 Å². The van der Waals surface area contributed by atoms with Gasteiger partial charge in [-0.15, -0.1) is 0 Å². The van der Waals surface area contributed by atoms with E-state index in [1.165, 1.54) is 6.07 Å². The average Bonchev–Trinajstić information content (AvgIpc) is 2.62. The minimum absolute atomic E-state index is 0.101. The first kappa shape index (κ1) is 20.1. The molecule has 7 heteroatoms. The van der Waals surface area contributed by atoms with Crippen LogP contribution in [0.25, 0.3) is 0 Å². The van der Waals surface area contributed by atoms with E-state index in [0.717, 1.165) is 27.6 Å². The maximum absolute atomic E-state index is 14.1. The molecule has 0 aliphatic rings. The number of benzene rings is 2. The molecule has 1 N–H and O–H groups in total. The van der Waals surface area contributed by atoms with Crippen molar-refractivity contribution in [2.45, 2.75) is 32.2 Å². The minimum atomic E-state index is -3.98. The molecule has 2 aromatic carbocycles. The van der Waals surface area contributed by atoms with Crippen molar-refractivity contribution in [1.82, 2.24) is 9.62 Å². The first-order valence-electron chi connectivity index (χ1n) is 8.43. The van der Waals surface area contributed by atoms with Crippen LogP contribution in [-0.2, 0) is 16.6 Å². The van der Waals surface area contributed by atoms with E-state index in [-0.39, 0.29) is 18.7 Å². The number of hydrogen-bond donors (Lipinski definition) is 1. The van der Waals surface area contributed by atoms with Crippen LogP contribution in [0.15, 0.2) is 47.4 Å². The summed E-state index contributed by atoms with van der Waals surface area (Å²) in [7, 11) is -3.98. The van der Waals surface area contributed by atoms with Crippen LogP contribution < -0.4 is 5.32 Å². The highest BCUT2D eigenvalue weighted by Crippen LogP contribution is 2.21. The molecule has 0 heterocycles. The summed E-state index contributed by atoms with van der Waals surface area (Å²) >= 11 is 0. The Morgan fingerprint density at radius 1 is 1.08 bits per heavy atom. The Labute approximate surface area is 153 Å². The average molecular weight is 378 g/mol. The summed E-state index contributed by atoms with van der Waals surface area (Å²) < 4.78 is 40.4. The third-order valence-electron chi connectivity index (χ3n) is 4.09. The fourth-order valence-corrected chi connectivity index (χ4v) is 4.08. The molecule has 0 bridgehead atoms.